The first-order valence-corrected chi connectivity index (χ1v) is 6.10. The molecule has 0 saturated carbocycles. The first-order chi connectivity index (χ1) is 8.10. The number of nitrogens with zero attached hydrogens (tertiary/aromatic N) is 1. The van der Waals surface area contributed by atoms with Crippen molar-refractivity contribution in [2.45, 2.75) is 12.6 Å². The van der Waals surface area contributed by atoms with Gasteiger partial charge in [-0.15, -0.1) is 0 Å². The SMILES string of the molecule is COC(CN)C(=O)N(C)Cc1ccccc1Br. The van der Waals surface area contributed by atoms with Crippen LogP contribution in [0.1, 0.15) is 5.56 Å². The van der Waals surface area contributed by atoms with Gasteiger partial charge in [-0.25, -0.2) is 0 Å². The molecule has 1 atom stereocenters. The fourth-order valence-corrected chi connectivity index (χ4v) is 1.91. The maximum Gasteiger partial charge on any atom is 0.253 e. The largest absolute Gasteiger partial charge is 0.370 e. The van der Waals surface area contributed by atoms with E-state index >= 15 is 0 Å². The molecule has 0 saturated heterocycles. The summed E-state index contributed by atoms with van der Waals surface area (Å²) in [5.41, 5.74) is 6.51. The molecule has 2 N–H and O–H groups in total. The molecule has 0 aliphatic heterocycles. The number of carbonyl (C=O) groups excluding carboxylic acids is 1. The van der Waals surface area contributed by atoms with Gasteiger partial charge in [0, 0.05) is 31.7 Å². The first-order valence-electron chi connectivity index (χ1n) is 5.31. The maximum atomic E-state index is 11.9. The lowest BCUT2D eigenvalue weighted by Gasteiger charge is -2.22. The Morgan fingerprint density at radius 3 is 2.71 bits per heavy atom. The first kappa shape index (κ1) is 14.2. The molecule has 0 heterocycles. The summed E-state index contributed by atoms with van der Waals surface area (Å²) in [5, 5.41) is 0. The standard InChI is InChI=1S/C12H17BrN2O2/c1-15(12(16)11(7-14)17-2)8-9-5-3-4-6-10(9)13/h3-6,11H,7-8,14H2,1-2H3. The van der Waals surface area contributed by atoms with Crippen molar-refractivity contribution in [3.05, 3.63) is 34.3 Å². The molecule has 0 spiro atoms. The fraction of sp³-hybridized carbons (Fsp3) is 0.417. The van der Waals surface area contributed by atoms with Gasteiger partial charge in [-0.3, -0.25) is 4.79 Å². The summed E-state index contributed by atoms with van der Waals surface area (Å²) in [6.07, 6.45) is -0.567. The van der Waals surface area contributed by atoms with Crippen molar-refractivity contribution in [2.75, 3.05) is 20.7 Å². The molecule has 0 radical (unpaired) electrons. The average Bonchev–Trinajstić information content (AvgIpc) is 2.33. The summed E-state index contributed by atoms with van der Waals surface area (Å²) in [7, 11) is 3.23. The van der Waals surface area contributed by atoms with E-state index in [0.29, 0.717) is 6.54 Å². The van der Waals surface area contributed by atoms with Crippen LogP contribution in [-0.4, -0.2) is 37.6 Å². The van der Waals surface area contributed by atoms with Crippen LogP contribution in [-0.2, 0) is 16.1 Å². The summed E-state index contributed by atoms with van der Waals surface area (Å²) in [6, 6.07) is 7.80. The Labute approximate surface area is 110 Å². The smallest absolute Gasteiger partial charge is 0.253 e. The number of hydrogen-bond acceptors (Lipinski definition) is 3. The minimum atomic E-state index is -0.567. The van der Waals surface area contributed by atoms with Crippen molar-refractivity contribution >= 4 is 21.8 Å². The molecule has 5 heteroatoms. The van der Waals surface area contributed by atoms with Crippen molar-refractivity contribution in [3.63, 3.8) is 0 Å². The Hall–Kier alpha value is -0.910. The van der Waals surface area contributed by atoms with Crippen LogP contribution in [0.25, 0.3) is 0 Å². The molecule has 4 nitrogen and oxygen atoms in total. The summed E-state index contributed by atoms with van der Waals surface area (Å²) < 4.78 is 6.01. The van der Waals surface area contributed by atoms with Crippen LogP contribution in [0.15, 0.2) is 28.7 Å². The number of rotatable bonds is 5. The van der Waals surface area contributed by atoms with E-state index in [9.17, 15) is 4.79 Å². The highest BCUT2D eigenvalue weighted by Crippen LogP contribution is 2.17. The minimum absolute atomic E-state index is 0.106. The van der Waals surface area contributed by atoms with E-state index in [1.807, 2.05) is 24.3 Å². The second kappa shape index (κ2) is 6.74. The Morgan fingerprint density at radius 2 is 2.18 bits per heavy atom. The van der Waals surface area contributed by atoms with E-state index in [0.717, 1.165) is 10.0 Å². The lowest BCUT2D eigenvalue weighted by Crippen LogP contribution is -2.41. The van der Waals surface area contributed by atoms with Gasteiger partial charge in [0.05, 0.1) is 0 Å². The van der Waals surface area contributed by atoms with Crippen LogP contribution < -0.4 is 5.73 Å². The molecule has 94 valence electrons. The monoisotopic (exact) mass is 300 g/mol. The van der Waals surface area contributed by atoms with E-state index in [1.165, 1.54) is 7.11 Å². The highest BCUT2D eigenvalue weighted by atomic mass is 79.9. The van der Waals surface area contributed by atoms with Gasteiger partial charge in [0.1, 0.15) is 6.10 Å². The van der Waals surface area contributed by atoms with Crippen LogP contribution in [0, 0.1) is 0 Å². The normalized spacial score (nSPS) is 12.2. The van der Waals surface area contributed by atoms with E-state index in [4.69, 9.17) is 10.5 Å². The van der Waals surface area contributed by atoms with E-state index < -0.39 is 6.10 Å². The van der Waals surface area contributed by atoms with Crippen LogP contribution >= 0.6 is 15.9 Å². The Bertz CT molecular complexity index is 381. The summed E-state index contributed by atoms with van der Waals surface area (Å²) in [4.78, 5) is 13.5. The van der Waals surface area contributed by atoms with Crippen molar-refractivity contribution in [1.82, 2.24) is 4.90 Å². The van der Waals surface area contributed by atoms with Gasteiger partial charge in [0.2, 0.25) is 0 Å². The van der Waals surface area contributed by atoms with Crippen molar-refractivity contribution in [1.29, 1.82) is 0 Å². The molecule has 1 unspecified atom stereocenters. The average molecular weight is 301 g/mol. The van der Waals surface area contributed by atoms with Gasteiger partial charge in [0.15, 0.2) is 0 Å². The predicted molar refractivity (Wildman–Crippen MR) is 70.5 cm³/mol. The maximum absolute atomic E-state index is 11.9. The van der Waals surface area contributed by atoms with Gasteiger partial charge in [-0.2, -0.15) is 0 Å². The summed E-state index contributed by atoms with van der Waals surface area (Å²) in [6.45, 7) is 0.718. The molecule has 0 aromatic heterocycles. The molecule has 1 rings (SSSR count). The third-order valence-corrected chi connectivity index (χ3v) is 3.29. The van der Waals surface area contributed by atoms with E-state index in [2.05, 4.69) is 15.9 Å². The summed E-state index contributed by atoms with van der Waals surface area (Å²) >= 11 is 3.45. The fourth-order valence-electron chi connectivity index (χ4n) is 1.50. The van der Waals surface area contributed by atoms with E-state index in [1.54, 1.807) is 11.9 Å². The predicted octanol–water partition coefficient (Wildman–Crippen LogP) is 1.38. The minimum Gasteiger partial charge on any atom is -0.370 e. The number of halogens is 1. The topological polar surface area (TPSA) is 55.6 Å². The summed E-state index contributed by atoms with van der Waals surface area (Å²) in [5.74, 6) is -0.106. The second-order valence-corrected chi connectivity index (χ2v) is 4.60. The zero-order chi connectivity index (χ0) is 12.8. The van der Waals surface area contributed by atoms with Crippen LogP contribution in [0.5, 0.6) is 0 Å². The number of nitrogens with two attached hydrogens (primary N) is 1. The van der Waals surface area contributed by atoms with Crippen molar-refractivity contribution in [2.24, 2.45) is 5.73 Å². The highest BCUT2D eigenvalue weighted by Gasteiger charge is 2.20. The van der Waals surface area contributed by atoms with Crippen LogP contribution in [0.2, 0.25) is 0 Å². The molecular formula is C12H17BrN2O2. The zero-order valence-electron chi connectivity index (χ0n) is 10.0. The quantitative estimate of drug-likeness (QED) is 0.894. The molecule has 0 aliphatic rings. The molecular weight excluding hydrogens is 284 g/mol. The number of amides is 1. The zero-order valence-corrected chi connectivity index (χ0v) is 11.6. The second-order valence-electron chi connectivity index (χ2n) is 3.75. The van der Waals surface area contributed by atoms with Gasteiger partial charge in [-0.05, 0) is 11.6 Å². The number of benzene rings is 1. The lowest BCUT2D eigenvalue weighted by atomic mass is 10.2. The molecule has 17 heavy (non-hydrogen) atoms. The molecule has 0 fully saturated rings. The Balaban J connectivity index is 2.69. The van der Waals surface area contributed by atoms with Gasteiger partial charge in [-0.1, -0.05) is 34.1 Å². The van der Waals surface area contributed by atoms with Crippen LogP contribution in [0.4, 0.5) is 0 Å². The Kier molecular flexibility index (Phi) is 5.61. The van der Waals surface area contributed by atoms with Crippen LogP contribution in [0.3, 0.4) is 0 Å². The third kappa shape index (κ3) is 3.80. The Morgan fingerprint density at radius 1 is 1.53 bits per heavy atom. The number of carbonyl (C=O) groups is 1. The van der Waals surface area contributed by atoms with Crippen molar-refractivity contribution in [3.8, 4) is 0 Å². The number of methoxy groups -OCH3 is 1. The molecule has 0 bridgehead atoms. The molecule has 1 aromatic rings. The van der Waals surface area contributed by atoms with Gasteiger partial charge < -0.3 is 15.4 Å². The number of hydrogen-bond donors (Lipinski definition) is 1. The van der Waals surface area contributed by atoms with Gasteiger partial charge in [0.25, 0.3) is 5.91 Å². The molecule has 1 aromatic carbocycles. The number of likely N-dealkylation sites (N-methyl/N-ethyl adjacent to an activating group) is 1. The molecule has 1 amide bonds. The number of ether oxygens (including phenoxy) is 1. The lowest BCUT2D eigenvalue weighted by molar-refractivity contribution is -0.140. The third-order valence-electron chi connectivity index (χ3n) is 2.52. The molecule has 0 aliphatic carbocycles. The van der Waals surface area contributed by atoms with E-state index in [-0.39, 0.29) is 12.5 Å². The van der Waals surface area contributed by atoms with Crippen molar-refractivity contribution < 1.29 is 9.53 Å². The van der Waals surface area contributed by atoms with Gasteiger partial charge >= 0.3 is 0 Å². The highest BCUT2D eigenvalue weighted by molar-refractivity contribution is 9.10.